The lowest BCUT2D eigenvalue weighted by molar-refractivity contribution is -0.158. The van der Waals surface area contributed by atoms with Crippen LogP contribution in [0.4, 0.5) is 0 Å². The van der Waals surface area contributed by atoms with Gasteiger partial charge in [-0.2, -0.15) is 0 Å². The van der Waals surface area contributed by atoms with Gasteiger partial charge in [0.05, 0.1) is 19.5 Å². The molecule has 0 bridgehead atoms. The van der Waals surface area contributed by atoms with Crippen molar-refractivity contribution in [3.05, 3.63) is 66.2 Å². The Kier molecular flexibility index (Phi) is 6.23. The van der Waals surface area contributed by atoms with Crippen molar-refractivity contribution in [3.63, 3.8) is 0 Å². The monoisotopic (exact) mass is 330 g/mol. The third-order valence-corrected chi connectivity index (χ3v) is 4.69. The molecule has 0 radical (unpaired) electrons. The molecule has 2 aromatic rings. The summed E-state index contributed by atoms with van der Waals surface area (Å²) in [5.74, 6) is -2.24. The fourth-order valence-electron chi connectivity index (χ4n) is 2.21. The molecule has 0 aromatic heterocycles. The highest BCUT2D eigenvalue weighted by Gasteiger charge is 2.38. The van der Waals surface area contributed by atoms with Gasteiger partial charge in [-0.05, 0) is 17.7 Å². The number of esters is 2. The second-order valence-electron chi connectivity index (χ2n) is 4.79. The van der Waals surface area contributed by atoms with Crippen LogP contribution >= 0.6 is 11.8 Å². The Bertz CT molecular complexity index is 627. The van der Waals surface area contributed by atoms with E-state index >= 15 is 0 Å². The van der Waals surface area contributed by atoms with Crippen LogP contribution in [-0.2, 0) is 19.1 Å². The Hall–Kier alpha value is -2.27. The number of hydrogen-bond donors (Lipinski definition) is 0. The topological polar surface area (TPSA) is 52.6 Å². The maximum atomic E-state index is 12.2. The van der Waals surface area contributed by atoms with Gasteiger partial charge in [0.1, 0.15) is 0 Å². The van der Waals surface area contributed by atoms with Crippen molar-refractivity contribution in [2.45, 2.75) is 10.1 Å². The van der Waals surface area contributed by atoms with Crippen molar-refractivity contribution < 1.29 is 19.1 Å². The SMILES string of the molecule is COC(=O)C(C(=O)OC)C(Sc1ccccc1)c1ccccc1. The van der Waals surface area contributed by atoms with Crippen molar-refractivity contribution in [3.8, 4) is 0 Å². The molecule has 5 heteroatoms. The lowest BCUT2D eigenvalue weighted by atomic mass is 9.98. The normalized spacial score (nSPS) is 11.8. The molecule has 23 heavy (non-hydrogen) atoms. The van der Waals surface area contributed by atoms with Crippen molar-refractivity contribution in [2.75, 3.05) is 14.2 Å². The van der Waals surface area contributed by atoms with Crippen molar-refractivity contribution >= 4 is 23.7 Å². The van der Waals surface area contributed by atoms with Crippen LogP contribution in [0.3, 0.4) is 0 Å². The summed E-state index contributed by atoms with van der Waals surface area (Å²) in [7, 11) is 2.54. The fraction of sp³-hybridized carbons (Fsp3) is 0.222. The quantitative estimate of drug-likeness (QED) is 0.461. The van der Waals surface area contributed by atoms with Crippen LogP contribution < -0.4 is 0 Å². The van der Waals surface area contributed by atoms with E-state index < -0.39 is 23.1 Å². The number of carbonyl (C=O) groups excluding carboxylic acids is 2. The molecule has 120 valence electrons. The molecule has 0 amide bonds. The van der Waals surface area contributed by atoms with E-state index in [-0.39, 0.29) is 0 Å². The molecule has 0 aliphatic rings. The summed E-state index contributed by atoms with van der Waals surface area (Å²) in [5.41, 5.74) is 0.863. The first-order valence-corrected chi connectivity index (χ1v) is 7.97. The number of methoxy groups -OCH3 is 2. The summed E-state index contributed by atoms with van der Waals surface area (Å²) in [6, 6.07) is 19.0. The zero-order chi connectivity index (χ0) is 16.7. The van der Waals surface area contributed by atoms with Gasteiger partial charge in [-0.25, -0.2) is 0 Å². The van der Waals surface area contributed by atoms with Crippen LogP contribution in [0.1, 0.15) is 10.8 Å². The van der Waals surface area contributed by atoms with Crippen molar-refractivity contribution in [2.24, 2.45) is 5.92 Å². The standard InChI is InChI=1S/C18H18O4S/c1-21-17(19)15(18(20)22-2)16(13-9-5-3-6-10-13)23-14-11-7-4-8-12-14/h3-12,15-16H,1-2H3. The summed E-state index contributed by atoms with van der Waals surface area (Å²) >= 11 is 1.44. The Balaban J connectivity index is 2.42. The minimum Gasteiger partial charge on any atom is -0.468 e. The lowest BCUT2D eigenvalue weighted by Gasteiger charge is -2.23. The molecule has 0 aliphatic heterocycles. The number of ether oxygens (including phenoxy) is 2. The average Bonchev–Trinajstić information content (AvgIpc) is 2.62. The van der Waals surface area contributed by atoms with Gasteiger partial charge in [0.2, 0.25) is 0 Å². The first-order valence-electron chi connectivity index (χ1n) is 7.09. The van der Waals surface area contributed by atoms with Gasteiger partial charge in [-0.15, -0.1) is 11.8 Å². The molecule has 0 aliphatic carbocycles. The predicted molar refractivity (Wildman–Crippen MR) is 89.0 cm³/mol. The first-order chi connectivity index (χ1) is 11.2. The second kappa shape index (κ2) is 8.39. The Morgan fingerprint density at radius 1 is 0.826 bits per heavy atom. The van der Waals surface area contributed by atoms with Crippen LogP contribution in [0.2, 0.25) is 0 Å². The van der Waals surface area contributed by atoms with Gasteiger partial charge >= 0.3 is 11.9 Å². The number of thioether (sulfide) groups is 1. The third-order valence-electron chi connectivity index (χ3n) is 3.35. The predicted octanol–water partition coefficient (Wildman–Crippen LogP) is 3.48. The molecule has 2 rings (SSSR count). The Morgan fingerprint density at radius 3 is 1.78 bits per heavy atom. The molecule has 1 unspecified atom stereocenters. The minimum absolute atomic E-state index is 0.432. The number of rotatable bonds is 6. The Morgan fingerprint density at radius 2 is 1.30 bits per heavy atom. The summed E-state index contributed by atoms with van der Waals surface area (Å²) in [6.07, 6.45) is 0. The lowest BCUT2D eigenvalue weighted by Crippen LogP contribution is -2.31. The van der Waals surface area contributed by atoms with Crippen LogP contribution in [0.5, 0.6) is 0 Å². The molecular weight excluding hydrogens is 312 g/mol. The number of hydrogen-bond acceptors (Lipinski definition) is 5. The largest absolute Gasteiger partial charge is 0.468 e. The van der Waals surface area contributed by atoms with Gasteiger partial charge in [0.25, 0.3) is 0 Å². The summed E-state index contributed by atoms with van der Waals surface area (Å²) in [4.78, 5) is 25.3. The summed E-state index contributed by atoms with van der Waals surface area (Å²) in [6.45, 7) is 0. The zero-order valence-corrected chi connectivity index (χ0v) is 13.8. The highest BCUT2D eigenvalue weighted by molar-refractivity contribution is 7.99. The van der Waals surface area contributed by atoms with E-state index in [1.165, 1.54) is 26.0 Å². The van der Waals surface area contributed by atoms with Crippen molar-refractivity contribution in [1.29, 1.82) is 0 Å². The molecule has 0 saturated heterocycles. The molecule has 0 N–H and O–H groups in total. The van der Waals surface area contributed by atoms with Gasteiger partial charge in [0, 0.05) is 4.90 Å². The highest BCUT2D eigenvalue weighted by Crippen LogP contribution is 2.41. The molecule has 0 fully saturated rings. The number of carbonyl (C=O) groups is 2. The molecule has 0 saturated carbocycles. The molecule has 2 aromatic carbocycles. The van der Waals surface area contributed by atoms with E-state index in [1.807, 2.05) is 60.7 Å². The van der Waals surface area contributed by atoms with Gasteiger partial charge in [-0.1, -0.05) is 48.5 Å². The first kappa shape index (κ1) is 17.1. The molecule has 0 spiro atoms. The van der Waals surface area contributed by atoms with E-state index in [0.29, 0.717) is 0 Å². The van der Waals surface area contributed by atoms with E-state index in [4.69, 9.17) is 9.47 Å². The minimum atomic E-state index is -1.03. The third kappa shape index (κ3) is 4.36. The maximum Gasteiger partial charge on any atom is 0.321 e. The Labute approximate surface area is 139 Å². The fourth-order valence-corrected chi connectivity index (χ4v) is 3.47. The average molecular weight is 330 g/mol. The molecule has 0 heterocycles. The van der Waals surface area contributed by atoms with Crippen LogP contribution in [0, 0.1) is 5.92 Å². The second-order valence-corrected chi connectivity index (χ2v) is 6.00. The molecule has 4 nitrogen and oxygen atoms in total. The van der Waals surface area contributed by atoms with Gasteiger partial charge < -0.3 is 9.47 Å². The van der Waals surface area contributed by atoms with E-state index in [9.17, 15) is 9.59 Å². The zero-order valence-electron chi connectivity index (χ0n) is 13.0. The summed E-state index contributed by atoms with van der Waals surface area (Å²) < 4.78 is 9.64. The highest BCUT2D eigenvalue weighted by atomic mass is 32.2. The van der Waals surface area contributed by atoms with Gasteiger partial charge in [-0.3, -0.25) is 9.59 Å². The van der Waals surface area contributed by atoms with E-state index in [1.54, 1.807) is 0 Å². The summed E-state index contributed by atoms with van der Waals surface area (Å²) in [5, 5.41) is -0.432. The van der Waals surface area contributed by atoms with Crippen molar-refractivity contribution in [1.82, 2.24) is 0 Å². The molecular formula is C18H18O4S. The van der Waals surface area contributed by atoms with E-state index in [0.717, 1.165) is 10.5 Å². The van der Waals surface area contributed by atoms with Gasteiger partial charge in [0.15, 0.2) is 5.92 Å². The van der Waals surface area contributed by atoms with Crippen LogP contribution in [0.25, 0.3) is 0 Å². The van der Waals surface area contributed by atoms with Crippen LogP contribution in [-0.4, -0.2) is 26.2 Å². The maximum absolute atomic E-state index is 12.2. The number of benzene rings is 2. The van der Waals surface area contributed by atoms with E-state index in [2.05, 4.69) is 0 Å². The smallest absolute Gasteiger partial charge is 0.321 e. The molecule has 1 atom stereocenters. The van der Waals surface area contributed by atoms with Crippen LogP contribution in [0.15, 0.2) is 65.6 Å².